The third-order valence-electron chi connectivity index (χ3n) is 4.02. The molecule has 124 valence electrons. The van der Waals surface area contributed by atoms with Crippen LogP contribution >= 0.6 is 0 Å². The predicted molar refractivity (Wildman–Crippen MR) is 83.7 cm³/mol. The number of carbonyl (C=O) groups is 1. The van der Waals surface area contributed by atoms with Gasteiger partial charge in [-0.3, -0.25) is 9.48 Å². The molecule has 3 heterocycles. The van der Waals surface area contributed by atoms with Gasteiger partial charge in [0.05, 0.1) is 23.7 Å². The van der Waals surface area contributed by atoms with Crippen molar-refractivity contribution in [1.29, 1.82) is 0 Å². The van der Waals surface area contributed by atoms with Gasteiger partial charge >= 0.3 is 0 Å². The number of furan rings is 1. The van der Waals surface area contributed by atoms with E-state index in [0.717, 1.165) is 5.76 Å². The summed E-state index contributed by atoms with van der Waals surface area (Å²) in [7, 11) is -1.42. The molecule has 0 unspecified atom stereocenters. The highest BCUT2D eigenvalue weighted by Crippen LogP contribution is 2.28. The molecule has 3 rings (SSSR count). The van der Waals surface area contributed by atoms with Crippen molar-refractivity contribution in [2.75, 3.05) is 18.1 Å². The molecule has 0 aromatic carbocycles. The van der Waals surface area contributed by atoms with E-state index < -0.39 is 15.9 Å². The third-order valence-corrected chi connectivity index (χ3v) is 5.65. The smallest absolute Gasteiger partial charge is 0.290 e. The van der Waals surface area contributed by atoms with Crippen molar-refractivity contribution in [1.82, 2.24) is 14.7 Å². The van der Waals surface area contributed by atoms with E-state index in [9.17, 15) is 13.2 Å². The van der Waals surface area contributed by atoms with E-state index in [-0.39, 0.29) is 29.7 Å². The molecule has 2 aromatic rings. The third kappa shape index (κ3) is 3.17. The van der Waals surface area contributed by atoms with Crippen LogP contribution in [0.25, 0.3) is 0 Å². The number of aryl methyl sites for hydroxylation is 2. The predicted octanol–water partition coefficient (Wildman–Crippen LogP) is 1.19. The molecule has 1 amide bonds. The van der Waals surface area contributed by atoms with Crippen LogP contribution in [-0.4, -0.2) is 47.1 Å². The van der Waals surface area contributed by atoms with Gasteiger partial charge in [-0.25, -0.2) is 8.42 Å². The van der Waals surface area contributed by atoms with E-state index in [2.05, 4.69) is 5.10 Å². The van der Waals surface area contributed by atoms with Crippen LogP contribution < -0.4 is 0 Å². The summed E-state index contributed by atoms with van der Waals surface area (Å²) in [5, 5.41) is 4.08. The lowest BCUT2D eigenvalue weighted by molar-refractivity contribution is 0.0663. The molecule has 8 heteroatoms. The van der Waals surface area contributed by atoms with E-state index in [1.165, 1.54) is 0 Å². The normalized spacial score (nSPS) is 20.6. The number of aromatic nitrogens is 2. The first-order chi connectivity index (χ1) is 10.9. The second-order valence-electron chi connectivity index (χ2n) is 5.70. The molecule has 1 aliphatic rings. The lowest BCUT2D eigenvalue weighted by Crippen LogP contribution is -2.46. The van der Waals surface area contributed by atoms with Crippen molar-refractivity contribution in [3.8, 4) is 0 Å². The average Bonchev–Trinajstić information content (AvgIpc) is 3.14. The highest BCUT2D eigenvalue weighted by molar-refractivity contribution is 7.91. The monoisotopic (exact) mass is 337 g/mol. The summed E-state index contributed by atoms with van der Waals surface area (Å²) in [5.74, 6) is 0.571. The van der Waals surface area contributed by atoms with Crippen LogP contribution in [0.15, 0.2) is 28.9 Å². The molecule has 0 saturated carbocycles. The fraction of sp³-hybridized carbons (Fsp3) is 0.467. The molecule has 0 radical (unpaired) electrons. The molecule has 0 spiro atoms. The Balaban J connectivity index is 1.93. The van der Waals surface area contributed by atoms with Crippen molar-refractivity contribution < 1.29 is 17.6 Å². The Morgan fingerprint density at radius 1 is 1.43 bits per heavy atom. The van der Waals surface area contributed by atoms with Crippen molar-refractivity contribution >= 4 is 15.7 Å². The Morgan fingerprint density at radius 2 is 2.22 bits per heavy atom. The highest BCUT2D eigenvalue weighted by Gasteiger charge is 2.37. The maximum atomic E-state index is 12.7. The van der Waals surface area contributed by atoms with Crippen LogP contribution in [0.4, 0.5) is 0 Å². The quantitative estimate of drug-likeness (QED) is 0.840. The van der Waals surface area contributed by atoms with Gasteiger partial charge in [0, 0.05) is 31.8 Å². The first-order valence-corrected chi connectivity index (χ1v) is 9.30. The van der Waals surface area contributed by atoms with Crippen LogP contribution in [0.3, 0.4) is 0 Å². The topological polar surface area (TPSA) is 85.4 Å². The van der Waals surface area contributed by atoms with E-state index in [4.69, 9.17) is 4.42 Å². The lowest BCUT2D eigenvalue weighted by Gasteiger charge is -2.34. The molecule has 1 saturated heterocycles. The minimum atomic E-state index is -3.18. The molecule has 0 N–H and O–H groups in total. The number of amides is 1. The molecule has 2 aromatic heterocycles. The minimum Gasteiger partial charge on any atom is -0.456 e. The average molecular weight is 337 g/mol. The van der Waals surface area contributed by atoms with Gasteiger partial charge in [-0.15, -0.1) is 0 Å². The van der Waals surface area contributed by atoms with E-state index >= 15 is 0 Å². The van der Waals surface area contributed by atoms with E-state index in [1.54, 1.807) is 41.2 Å². The lowest BCUT2D eigenvalue weighted by atomic mass is 10.1. The zero-order valence-electron chi connectivity index (χ0n) is 13.1. The maximum absolute atomic E-state index is 12.7. The molecular weight excluding hydrogens is 318 g/mol. The van der Waals surface area contributed by atoms with Gasteiger partial charge in [0.25, 0.3) is 5.91 Å². The molecule has 1 atom stereocenters. The fourth-order valence-electron chi connectivity index (χ4n) is 2.76. The summed E-state index contributed by atoms with van der Waals surface area (Å²) in [6, 6.07) is 2.88. The molecule has 23 heavy (non-hydrogen) atoms. The number of rotatable bonds is 3. The molecule has 1 fully saturated rings. The Kier molecular flexibility index (Phi) is 4.01. The largest absolute Gasteiger partial charge is 0.456 e. The van der Waals surface area contributed by atoms with Gasteiger partial charge in [-0.2, -0.15) is 5.10 Å². The van der Waals surface area contributed by atoms with Gasteiger partial charge in [0.1, 0.15) is 5.76 Å². The first kappa shape index (κ1) is 15.8. The van der Waals surface area contributed by atoms with Crippen molar-refractivity contribution in [3.05, 3.63) is 41.6 Å². The zero-order chi connectivity index (χ0) is 16.6. The summed E-state index contributed by atoms with van der Waals surface area (Å²) in [4.78, 5) is 14.3. The number of hydrogen-bond donors (Lipinski definition) is 0. The molecule has 0 aliphatic carbocycles. The minimum absolute atomic E-state index is 0.0309. The maximum Gasteiger partial charge on any atom is 0.290 e. The summed E-state index contributed by atoms with van der Waals surface area (Å²) in [6.07, 6.45) is 4.05. The summed E-state index contributed by atoms with van der Waals surface area (Å²) in [5.41, 5.74) is 0.714. The second-order valence-corrected chi connectivity index (χ2v) is 7.92. The Labute approximate surface area is 134 Å². The van der Waals surface area contributed by atoms with Crippen molar-refractivity contribution in [2.45, 2.75) is 19.4 Å². The van der Waals surface area contributed by atoms with Gasteiger partial charge in [-0.05, 0) is 12.1 Å². The van der Waals surface area contributed by atoms with Crippen molar-refractivity contribution in [3.63, 3.8) is 0 Å². The van der Waals surface area contributed by atoms with E-state index in [1.807, 2.05) is 6.92 Å². The Bertz CT molecular complexity index is 821. The number of hydrogen-bond acceptors (Lipinski definition) is 5. The number of nitrogens with zero attached hydrogens (tertiary/aromatic N) is 3. The second kappa shape index (κ2) is 5.84. The highest BCUT2D eigenvalue weighted by atomic mass is 32.2. The Hall–Kier alpha value is -2.09. The van der Waals surface area contributed by atoms with Gasteiger partial charge in [-0.1, -0.05) is 6.92 Å². The number of carbonyl (C=O) groups excluding carboxylic acids is 1. The van der Waals surface area contributed by atoms with E-state index in [0.29, 0.717) is 12.0 Å². The van der Waals surface area contributed by atoms with Crippen LogP contribution in [0.1, 0.15) is 34.8 Å². The standard InChI is InChI=1S/C15H19N3O4S/c1-3-12-4-5-14(22-12)15(19)18-6-7-23(20,21)10-13(18)11-8-16-17(2)9-11/h4-5,8-9,13H,3,6-7,10H2,1-2H3/t13-/m1/s1. The number of sulfone groups is 1. The molecule has 7 nitrogen and oxygen atoms in total. The van der Waals surface area contributed by atoms with Crippen LogP contribution in [0.5, 0.6) is 0 Å². The summed E-state index contributed by atoms with van der Waals surface area (Å²) >= 11 is 0. The fourth-order valence-corrected chi connectivity index (χ4v) is 4.26. The molecule has 1 aliphatic heterocycles. The molecular formula is C15H19N3O4S. The van der Waals surface area contributed by atoms with Crippen LogP contribution in [-0.2, 0) is 23.3 Å². The Morgan fingerprint density at radius 3 is 2.83 bits per heavy atom. The zero-order valence-corrected chi connectivity index (χ0v) is 13.9. The summed E-state index contributed by atoms with van der Waals surface area (Å²) < 4.78 is 31.1. The van der Waals surface area contributed by atoms with Crippen LogP contribution in [0.2, 0.25) is 0 Å². The van der Waals surface area contributed by atoms with Crippen molar-refractivity contribution in [2.24, 2.45) is 7.05 Å². The summed E-state index contributed by atoms with van der Waals surface area (Å²) in [6.45, 7) is 2.10. The van der Waals surface area contributed by atoms with Crippen LogP contribution in [0, 0.1) is 0 Å². The first-order valence-electron chi connectivity index (χ1n) is 7.48. The SMILES string of the molecule is CCc1ccc(C(=O)N2CCS(=O)(=O)C[C@@H]2c2cnn(C)c2)o1. The van der Waals surface area contributed by atoms with Gasteiger partial charge in [0.2, 0.25) is 0 Å². The van der Waals surface area contributed by atoms with Gasteiger partial charge in [0.15, 0.2) is 15.6 Å². The van der Waals surface area contributed by atoms with Gasteiger partial charge < -0.3 is 9.32 Å². The molecule has 0 bridgehead atoms.